The van der Waals surface area contributed by atoms with Crippen LogP contribution in [0.5, 0.6) is 5.75 Å². The van der Waals surface area contributed by atoms with Gasteiger partial charge in [-0.05, 0) is 28.1 Å². The van der Waals surface area contributed by atoms with Crippen LogP contribution in [-0.4, -0.2) is 42.9 Å². The number of benzene rings is 1. The van der Waals surface area contributed by atoms with Crippen molar-refractivity contribution in [3.63, 3.8) is 0 Å². The van der Waals surface area contributed by atoms with Crippen molar-refractivity contribution in [2.45, 2.75) is 12.2 Å². The van der Waals surface area contributed by atoms with Crippen LogP contribution in [0.4, 0.5) is 17.6 Å². The lowest BCUT2D eigenvalue weighted by Crippen LogP contribution is -2.46. The average Bonchev–Trinajstić information content (AvgIpc) is 2.44. The van der Waals surface area contributed by atoms with Crippen LogP contribution in [0.3, 0.4) is 0 Å². The first-order chi connectivity index (χ1) is 9.86. The summed E-state index contributed by atoms with van der Waals surface area (Å²) in [5, 5.41) is 13.1. The minimum atomic E-state index is -4.64. The maximum atomic E-state index is 13.5. The van der Waals surface area contributed by atoms with E-state index in [1.54, 1.807) is 4.90 Å². The molecule has 1 aromatic carbocycles. The van der Waals surface area contributed by atoms with E-state index in [9.17, 15) is 22.7 Å². The molecule has 0 aromatic heterocycles. The molecule has 0 spiro atoms. The van der Waals surface area contributed by atoms with Gasteiger partial charge in [0.05, 0.1) is 16.1 Å². The first kappa shape index (κ1) is 22.7. The van der Waals surface area contributed by atoms with Crippen LogP contribution >= 0.6 is 40.7 Å². The standard InChI is InChI=1S/C13H15BrF4N2O.2ClH/c14-9-2-1-8(13(16,17)18)11(12(9)21)10(7-15)20-5-3-19-4-6-20;;/h1-2,10,19,21H,3-7H2;2*1H/t10-;;/m0../s1. The molecule has 3 nitrogen and oxygen atoms in total. The van der Waals surface area contributed by atoms with Crippen molar-refractivity contribution in [2.24, 2.45) is 0 Å². The SMILES string of the molecule is Cl.Cl.Oc1c(Br)ccc(C(F)(F)F)c1[C@H](CF)N1CCNCC1. The molecule has 0 aliphatic carbocycles. The molecule has 0 amide bonds. The second-order valence-corrected chi connectivity index (χ2v) is 5.67. The first-order valence-corrected chi connectivity index (χ1v) is 7.25. The molecular formula is C13H17BrCl2F4N2O. The van der Waals surface area contributed by atoms with Gasteiger partial charge in [0.1, 0.15) is 12.4 Å². The summed E-state index contributed by atoms with van der Waals surface area (Å²) in [5.41, 5.74) is -1.40. The molecule has 1 aliphatic heterocycles. The molecular weight excluding hydrogens is 427 g/mol. The monoisotopic (exact) mass is 442 g/mol. The van der Waals surface area contributed by atoms with E-state index in [1.165, 1.54) is 0 Å². The van der Waals surface area contributed by atoms with Gasteiger partial charge in [-0.15, -0.1) is 24.8 Å². The Labute approximate surface area is 152 Å². The third kappa shape index (κ3) is 5.09. The molecule has 1 aliphatic rings. The Morgan fingerprint density at radius 1 is 1.22 bits per heavy atom. The van der Waals surface area contributed by atoms with E-state index in [0.29, 0.717) is 26.2 Å². The van der Waals surface area contributed by atoms with Crippen LogP contribution in [0, 0.1) is 0 Å². The number of hydrogen-bond donors (Lipinski definition) is 2. The van der Waals surface area contributed by atoms with Crippen LogP contribution in [0.1, 0.15) is 17.2 Å². The second-order valence-electron chi connectivity index (χ2n) is 4.81. The topological polar surface area (TPSA) is 35.5 Å². The normalized spacial score (nSPS) is 17.1. The van der Waals surface area contributed by atoms with E-state index in [4.69, 9.17) is 0 Å². The Kier molecular flexibility index (Phi) is 9.15. The number of phenols is 1. The Bertz CT molecular complexity index is 513. The van der Waals surface area contributed by atoms with E-state index in [2.05, 4.69) is 21.2 Å². The number of alkyl halides is 4. The summed E-state index contributed by atoms with van der Waals surface area (Å²) in [5.74, 6) is -0.550. The summed E-state index contributed by atoms with van der Waals surface area (Å²) in [6, 6.07) is 0.875. The Morgan fingerprint density at radius 2 is 1.78 bits per heavy atom. The van der Waals surface area contributed by atoms with Gasteiger partial charge in [-0.1, -0.05) is 0 Å². The summed E-state index contributed by atoms with van der Waals surface area (Å²) in [7, 11) is 0. The van der Waals surface area contributed by atoms with Gasteiger partial charge in [-0.3, -0.25) is 4.90 Å². The van der Waals surface area contributed by atoms with Crippen LogP contribution < -0.4 is 5.32 Å². The molecule has 1 atom stereocenters. The van der Waals surface area contributed by atoms with Gasteiger partial charge in [-0.25, -0.2) is 4.39 Å². The minimum absolute atomic E-state index is 0. The molecule has 2 N–H and O–H groups in total. The number of nitrogens with zero attached hydrogens (tertiary/aromatic N) is 1. The predicted molar refractivity (Wildman–Crippen MR) is 88.5 cm³/mol. The number of hydrogen-bond acceptors (Lipinski definition) is 3. The van der Waals surface area contributed by atoms with Crippen molar-refractivity contribution in [1.29, 1.82) is 0 Å². The molecule has 10 heteroatoms. The van der Waals surface area contributed by atoms with Crippen molar-refractivity contribution >= 4 is 40.7 Å². The largest absolute Gasteiger partial charge is 0.506 e. The van der Waals surface area contributed by atoms with Gasteiger partial charge in [0, 0.05) is 31.7 Å². The number of nitrogens with one attached hydrogen (secondary N) is 1. The molecule has 134 valence electrons. The summed E-state index contributed by atoms with van der Waals surface area (Å²) >= 11 is 3.00. The van der Waals surface area contributed by atoms with E-state index in [0.717, 1.165) is 12.1 Å². The number of rotatable bonds is 3. The lowest BCUT2D eigenvalue weighted by Gasteiger charge is -2.35. The molecule has 0 saturated carbocycles. The number of aromatic hydroxyl groups is 1. The van der Waals surface area contributed by atoms with Gasteiger partial charge in [0.25, 0.3) is 0 Å². The molecule has 23 heavy (non-hydrogen) atoms. The smallest absolute Gasteiger partial charge is 0.416 e. The molecule has 0 unspecified atom stereocenters. The lowest BCUT2D eigenvalue weighted by molar-refractivity contribution is -0.139. The minimum Gasteiger partial charge on any atom is -0.506 e. The highest BCUT2D eigenvalue weighted by Crippen LogP contribution is 2.43. The van der Waals surface area contributed by atoms with Crippen molar-refractivity contribution in [2.75, 3.05) is 32.9 Å². The maximum Gasteiger partial charge on any atom is 0.416 e. The molecule has 1 saturated heterocycles. The fraction of sp³-hybridized carbons (Fsp3) is 0.538. The zero-order valence-electron chi connectivity index (χ0n) is 11.9. The quantitative estimate of drug-likeness (QED) is 0.694. The highest BCUT2D eigenvalue weighted by atomic mass is 79.9. The van der Waals surface area contributed by atoms with E-state index in [1.807, 2.05) is 0 Å². The number of phenolic OH excluding ortho intramolecular Hbond substituents is 1. The molecule has 2 rings (SSSR count). The third-order valence-corrected chi connectivity index (χ3v) is 4.18. The Morgan fingerprint density at radius 3 is 2.26 bits per heavy atom. The average molecular weight is 444 g/mol. The molecule has 1 heterocycles. The van der Waals surface area contributed by atoms with Crippen LogP contribution in [0.15, 0.2) is 16.6 Å². The van der Waals surface area contributed by atoms with Crippen molar-refractivity contribution in [1.82, 2.24) is 10.2 Å². The molecule has 1 fully saturated rings. The zero-order valence-corrected chi connectivity index (χ0v) is 15.1. The predicted octanol–water partition coefficient (Wildman–Crippen LogP) is 3.93. The summed E-state index contributed by atoms with van der Waals surface area (Å²) < 4.78 is 53.0. The van der Waals surface area contributed by atoms with E-state index in [-0.39, 0.29) is 29.3 Å². The van der Waals surface area contributed by atoms with Gasteiger partial charge in [0.2, 0.25) is 0 Å². The van der Waals surface area contributed by atoms with E-state index >= 15 is 0 Å². The third-order valence-electron chi connectivity index (χ3n) is 3.54. The summed E-state index contributed by atoms with van der Waals surface area (Å²) in [6.45, 7) is 1.02. The van der Waals surface area contributed by atoms with Gasteiger partial charge < -0.3 is 10.4 Å². The van der Waals surface area contributed by atoms with Gasteiger partial charge in [0.15, 0.2) is 0 Å². The second kappa shape index (κ2) is 9.27. The van der Waals surface area contributed by atoms with E-state index < -0.39 is 35.8 Å². The molecule has 1 aromatic rings. The molecule has 0 radical (unpaired) electrons. The van der Waals surface area contributed by atoms with Gasteiger partial charge in [-0.2, -0.15) is 13.2 Å². The van der Waals surface area contributed by atoms with Crippen molar-refractivity contribution in [3.05, 3.63) is 27.7 Å². The highest BCUT2D eigenvalue weighted by molar-refractivity contribution is 9.10. The maximum absolute atomic E-state index is 13.5. The van der Waals surface area contributed by atoms with Crippen LogP contribution in [0.25, 0.3) is 0 Å². The number of halogens is 7. The first-order valence-electron chi connectivity index (χ1n) is 6.45. The zero-order chi connectivity index (χ0) is 15.6. The summed E-state index contributed by atoms with van der Waals surface area (Å²) in [6.07, 6.45) is -4.64. The highest BCUT2D eigenvalue weighted by Gasteiger charge is 2.39. The Balaban J connectivity index is 0.00000242. The van der Waals surface area contributed by atoms with Crippen LogP contribution in [0.2, 0.25) is 0 Å². The Hall–Kier alpha value is -0.280. The number of piperazine rings is 1. The lowest BCUT2D eigenvalue weighted by atomic mass is 9.97. The fourth-order valence-corrected chi connectivity index (χ4v) is 2.86. The van der Waals surface area contributed by atoms with Gasteiger partial charge >= 0.3 is 6.18 Å². The van der Waals surface area contributed by atoms with Crippen molar-refractivity contribution < 1.29 is 22.7 Å². The molecule has 0 bridgehead atoms. The summed E-state index contributed by atoms with van der Waals surface area (Å²) in [4.78, 5) is 1.62. The fourth-order valence-electron chi connectivity index (χ4n) is 2.52. The van der Waals surface area contributed by atoms with Crippen molar-refractivity contribution in [3.8, 4) is 5.75 Å². The van der Waals surface area contributed by atoms with Crippen LogP contribution in [-0.2, 0) is 6.18 Å².